The first-order chi connectivity index (χ1) is 23.7. The molecule has 50 heavy (non-hydrogen) atoms. The van der Waals surface area contributed by atoms with Gasteiger partial charge in [-0.1, -0.05) is 12.1 Å². The summed E-state index contributed by atoms with van der Waals surface area (Å²) in [5.41, 5.74) is 1.07. The summed E-state index contributed by atoms with van der Waals surface area (Å²) < 4.78 is 90.2. The zero-order valence-corrected chi connectivity index (χ0v) is 27.2. The molecule has 3 fully saturated rings. The number of hydrogen-bond donors (Lipinski definition) is 3. The average molecular weight is 712 g/mol. The van der Waals surface area contributed by atoms with Crippen LogP contribution in [0.15, 0.2) is 41.2 Å². The number of halogens is 6. The average Bonchev–Trinajstić information content (AvgIpc) is 3.43. The van der Waals surface area contributed by atoms with Gasteiger partial charge in [-0.2, -0.15) is 26.3 Å². The third kappa shape index (κ3) is 7.57. The number of piperidine rings is 2. The van der Waals surface area contributed by atoms with Gasteiger partial charge in [0.15, 0.2) is 6.10 Å². The van der Waals surface area contributed by atoms with Gasteiger partial charge in [-0.3, -0.25) is 14.3 Å². The monoisotopic (exact) mass is 711 g/mol. The van der Waals surface area contributed by atoms with E-state index in [0.29, 0.717) is 48.8 Å². The van der Waals surface area contributed by atoms with Crippen molar-refractivity contribution in [3.63, 3.8) is 0 Å². The van der Waals surface area contributed by atoms with Crippen LogP contribution in [-0.4, -0.2) is 101 Å². The van der Waals surface area contributed by atoms with Crippen LogP contribution in [0.2, 0.25) is 0 Å². The van der Waals surface area contributed by atoms with Crippen molar-refractivity contribution in [3.05, 3.63) is 63.6 Å². The van der Waals surface area contributed by atoms with Crippen molar-refractivity contribution in [1.29, 1.82) is 0 Å². The number of imidazole rings is 1. The number of likely N-dealkylation sites (tertiary alicyclic amines) is 2. The zero-order chi connectivity index (χ0) is 35.8. The number of benzene rings is 2. The lowest BCUT2D eigenvalue weighted by molar-refractivity contribution is -0.142. The third-order valence-electron chi connectivity index (χ3n) is 9.95. The van der Waals surface area contributed by atoms with E-state index in [1.54, 1.807) is 22.8 Å². The maximum absolute atomic E-state index is 13.9. The van der Waals surface area contributed by atoms with E-state index < -0.39 is 59.3 Å². The maximum Gasteiger partial charge on any atom is 0.418 e. The van der Waals surface area contributed by atoms with E-state index >= 15 is 0 Å². The molecule has 3 aromatic rings. The van der Waals surface area contributed by atoms with Gasteiger partial charge in [0.05, 0.1) is 27.8 Å². The lowest BCUT2D eigenvalue weighted by Gasteiger charge is -2.41. The number of H-pyrrole nitrogens is 1. The van der Waals surface area contributed by atoms with Gasteiger partial charge < -0.3 is 30.6 Å². The van der Waals surface area contributed by atoms with Crippen molar-refractivity contribution in [2.45, 2.75) is 62.6 Å². The number of carbonyl (C=O) groups excluding carboxylic acids is 2. The first-order valence-electron chi connectivity index (χ1n) is 16.7. The Morgan fingerprint density at radius 3 is 2.00 bits per heavy atom. The van der Waals surface area contributed by atoms with Gasteiger partial charge in [0.1, 0.15) is 0 Å². The van der Waals surface area contributed by atoms with Gasteiger partial charge in [0.25, 0.3) is 5.91 Å². The Bertz CT molecular complexity index is 1720. The van der Waals surface area contributed by atoms with E-state index in [1.165, 1.54) is 9.80 Å². The van der Waals surface area contributed by atoms with Gasteiger partial charge >= 0.3 is 24.1 Å². The van der Waals surface area contributed by atoms with Crippen LogP contribution in [0.25, 0.3) is 11.0 Å². The molecule has 11 nitrogen and oxygen atoms in total. The molecule has 4 heterocycles. The fourth-order valence-corrected chi connectivity index (χ4v) is 7.34. The number of amides is 2. The number of para-hydroxylation sites is 2. The molecule has 3 aliphatic rings. The molecule has 3 saturated heterocycles. The molecule has 17 heteroatoms. The van der Waals surface area contributed by atoms with Crippen molar-refractivity contribution < 1.29 is 40.7 Å². The van der Waals surface area contributed by atoms with Crippen LogP contribution in [-0.2, 0) is 28.3 Å². The van der Waals surface area contributed by atoms with Crippen molar-refractivity contribution in [2.24, 2.45) is 0 Å². The van der Waals surface area contributed by atoms with Crippen molar-refractivity contribution in [1.82, 2.24) is 29.6 Å². The second-order valence-electron chi connectivity index (χ2n) is 13.1. The fraction of sp³-hybridized carbons (Fsp3) is 0.545. The van der Waals surface area contributed by atoms with Gasteiger partial charge in [0, 0.05) is 70.9 Å². The summed E-state index contributed by atoms with van der Waals surface area (Å²) in [6, 6.07) is 8.11. The summed E-state index contributed by atoms with van der Waals surface area (Å²) in [5, 5.41) is 3.29. The number of aromatic nitrogens is 2. The number of hydrogen-bond acceptors (Lipinski definition) is 7. The maximum atomic E-state index is 13.9. The molecule has 2 aromatic carbocycles. The highest BCUT2D eigenvalue weighted by Crippen LogP contribution is 2.42. The number of fused-ring (bicyclic) bond motifs is 1. The molecule has 0 unspecified atom stereocenters. The first kappa shape index (κ1) is 35.6. The Morgan fingerprint density at radius 2 is 1.40 bits per heavy atom. The van der Waals surface area contributed by atoms with Crippen LogP contribution in [0.1, 0.15) is 48.4 Å². The molecule has 4 N–H and O–H groups in total. The minimum Gasteiger partial charge on any atom is -0.436 e. The predicted octanol–water partition coefficient (Wildman–Crippen LogP) is 4.23. The Hall–Kier alpha value is -4.25. The lowest BCUT2D eigenvalue weighted by atomic mass is 9.97. The second-order valence-corrected chi connectivity index (χ2v) is 13.1. The molecular weight excluding hydrogens is 672 g/mol. The summed E-state index contributed by atoms with van der Waals surface area (Å²) >= 11 is 0. The molecule has 3 aliphatic heterocycles. The number of rotatable bonds is 6. The van der Waals surface area contributed by atoms with E-state index in [4.69, 9.17) is 10.5 Å². The van der Waals surface area contributed by atoms with E-state index in [-0.39, 0.29) is 44.0 Å². The van der Waals surface area contributed by atoms with Crippen molar-refractivity contribution >= 4 is 28.7 Å². The zero-order valence-electron chi connectivity index (χ0n) is 27.2. The van der Waals surface area contributed by atoms with Crippen LogP contribution < -0.4 is 16.7 Å². The largest absolute Gasteiger partial charge is 0.436 e. The SMILES string of the molecule is Nc1c(C(F)(F)F)cc(C[C@@H](OC(=O)N2CCC(n3c(=O)[nH]c4ccccc43)CC2)C(=O)N2CCC(N3CCNCC3)CC2)cc1C(F)(F)F. The smallest absolute Gasteiger partial charge is 0.418 e. The molecular formula is C33H39F6N7O4. The summed E-state index contributed by atoms with van der Waals surface area (Å²) in [4.78, 5) is 48.0. The number of anilines is 1. The standard InChI is InChI=1S/C33H39F6N7O4/c34-32(35,36)23-17-20(18-24(28(23)40)33(37,38)39)19-27(29(47)44-11-5-21(6-12-44)43-15-9-41-10-16-43)50-31(49)45-13-7-22(8-14-45)46-26-4-2-1-3-25(26)42-30(46)48/h1-4,17-18,21-22,27,41H,5-16,19,40H2,(H,42,48)/t27-/m1/s1. The van der Waals surface area contributed by atoms with Crippen LogP contribution in [0.4, 0.5) is 36.8 Å². The number of ether oxygens (including phenoxy) is 1. The van der Waals surface area contributed by atoms with Gasteiger partial charge in [-0.15, -0.1) is 0 Å². The number of carbonyl (C=O) groups is 2. The Labute approximate surface area is 283 Å². The van der Waals surface area contributed by atoms with Crippen LogP contribution in [0, 0.1) is 0 Å². The number of aromatic amines is 1. The van der Waals surface area contributed by atoms with E-state index in [0.717, 1.165) is 26.2 Å². The lowest BCUT2D eigenvalue weighted by Crippen LogP contribution is -2.54. The summed E-state index contributed by atoms with van der Waals surface area (Å²) in [7, 11) is 0. The Kier molecular flexibility index (Phi) is 10.1. The number of nitrogens with two attached hydrogens (primary N) is 1. The quantitative estimate of drug-likeness (QED) is 0.258. The highest BCUT2D eigenvalue weighted by atomic mass is 19.4. The second kappa shape index (κ2) is 14.2. The Balaban J connectivity index is 1.21. The summed E-state index contributed by atoms with van der Waals surface area (Å²) in [6.45, 7) is 4.25. The fourth-order valence-electron chi connectivity index (χ4n) is 7.34. The number of nitrogen functional groups attached to an aromatic ring is 1. The summed E-state index contributed by atoms with van der Waals surface area (Å²) in [5.74, 6) is -0.698. The van der Waals surface area contributed by atoms with Crippen molar-refractivity contribution in [3.8, 4) is 0 Å². The molecule has 0 bridgehead atoms. The first-order valence-corrected chi connectivity index (χ1v) is 16.7. The third-order valence-corrected chi connectivity index (χ3v) is 9.95. The van der Waals surface area contributed by atoms with Crippen molar-refractivity contribution in [2.75, 3.05) is 58.1 Å². The van der Waals surface area contributed by atoms with Crippen LogP contribution in [0.3, 0.4) is 0 Å². The Morgan fingerprint density at radius 1 is 0.840 bits per heavy atom. The number of piperazine rings is 1. The topological polar surface area (TPSA) is 129 Å². The number of alkyl halides is 6. The van der Waals surface area contributed by atoms with Gasteiger partial charge in [-0.25, -0.2) is 9.59 Å². The van der Waals surface area contributed by atoms with E-state index in [9.17, 15) is 40.7 Å². The normalized spacial score (nSPS) is 19.6. The predicted molar refractivity (Wildman–Crippen MR) is 171 cm³/mol. The minimum absolute atomic E-state index is 0.144. The van der Waals surface area contributed by atoms with Crippen LogP contribution >= 0.6 is 0 Å². The molecule has 6 rings (SSSR count). The minimum atomic E-state index is -5.21. The molecule has 1 aromatic heterocycles. The summed E-state index contributed by atoms with van der Waals surface area (Å²) in [6.07, 6.45) is -11.8. The molecule has 272 valence electrons. The molecule has 0 aliphatic carbocycles. The number of nitrogens with zero attached hydrogens (tertiary/aromatic N) is 4. The van der Waals surface area contributed by atoms with E-state index in [2.05, 4.69) is 15.2 Å². The molecule has 1 atom stereocenters. The molecule has 0 saturated carbocycles. The van der Waals surface area contributed by atoms with Crippen LogP contribution in [0.5, 0.6) is 0 Å². The number of nitrogens with one attached hydrogen (secondary N) is 2. The van der Waals surface area contributed by atoms with Gasteiger partial charge in [0.2, 0.25) is 0 Å². The highest BCUT2D eigenvalue weighted by molar-refractivity contribution is 5.84. The molecule has 0 spiro atoms. The molecule has 0 radical (unpaired) electrons. The van der Waals surface area contributed by atoms with E-state index in [1.807, 2.05) is 6.07 Å². The highest BCUT2D eigenvalue weighted by Gasteiger charge is 2.42. The molecule has 2 amide bonds. The van der Waals surface area contributed by atoms with Gasteiger partial charge in [-0.05, 0) is 55.5 Å².